The second-order valence-corrected chi connectivity index (χ2v) is 8.04. The van der Waals surface area contributed by atoms with E-state index in [0.717, 1.165) is 27.4 Å². The lowest BCUT2D eigenvalue weighted by Gasteiger charge is -2.05. The number of rotatable bonds is 8. The van der Waals surface area contributed by atoms with Crippen molar-refractivity contribution in [3.05, 3.63) is 60.2 Å². The average Bonchev–Trinajstić information content (AvgIpc) is 3.37. The Kier molecular flexibility index (Phi) is 6.16. The van der Waals surface area contributed by atoms with Crippen LogP contribution in [0.2, 0.25) is 0 Å². The zero-order valence-electron chi connectivity index (χ0n) is 15.7. The third-order valence-electron chi connectivity index (χ3n) is 4.14. The molecule has 2 aromatic heterocycles. The molecule has 1 amide bonds. The Balaban J connectivity index is 1.27. The number of nitrogens with zero attached hydrogens (tertiary/aromatic N) is 3. The van der Waals surface area contributed by atoms with Gasteiger partial charge in [-0.3, -0.25) is 4.79 Å². The fourth-order valence-corrected chi connectivity index (χ4v) is 3.81. The van der Waals surface area contributed by atoms with E-state index in [4.69, 9.17) is 4.42 Å². The van der Waals surface area contributed by atoms with Crippen LogP contribution in [-0.4, -0.2) is 38.1 Å². The summed E-state index contributed by atoms with van der Waals surface area (Å²) < 4.78 is 5.63. The van der Waals surface area contributed by atoms with E-state index in [0.29, 0.717) is 24.0 Å². The summed E-state index contributed by atoms with van der Waals surface area (Å²) in [5, 5.41) is 11.3. The number of amides is 1. The van der Waals surface area contributed by atoms with Gasteiger partial charge in [0.2, 0.25) is 11.8 Å². The number of carbonyl (C=O) groups is 1. The molecule has 0 aliphatic carbocycles. The Hall–Kier alpha value is -2.78. The van der Waals surface area contributed by atoms with E-state index in [-0.39, 0.29) is 11.7 Å². The minimum absolute atomic E-state index is 0.115. The average molecular weight is 426 g/mol. The molecule has 0 unspecified atom stereocenters. The molecule has 0 aliphatic rings. The molecular formula is C20H19N5O2S2. The molecule has 29 heavy (non-hydrogen) atoms. The predicted molar refractivity (Wildman–Crippen MR) is 115 cm³/mol. The molecule has 0 bridgehead atoms. The zero-order valence-corrected chi connectivity index (χ0v) is 17.3. The summed E-state index contributed by atoms with van der Waals surface area (Å²) in [6, 6.07) is 15.6. The van der Waals surface area contributed by atoms with Crippen LogP contribution in [-0.2, 0) is 17.6 Å². The fourth-order valence-electron chi connectivity index (χ4n) is 2.77. The van der Waals surface area contributed by atoms with Gasteiger partial charge in [0.15, 0.2) is 0 Å². The van der Waals surface area contributed by atoms with Gasteiger partial charge in [0, 0.05) is 23.4 Å². The second-order valence-electron chi connectivity index (χ2n) is 6.23. The first-order valence-electron chi connectivity index (χ1n) is 9.02. The molecule has 7 nitrogen and oxygen atoms in total. The van der Waals surface area contributed by atoms with Crippen molar-refractivity contribution in [1.82, 2.24) is 20.2 Å². The highest BCUT2D eigenvalue weighted by Gasteiger charge is 2.11. The molecule has 2 heterocycles. The number of fused-ring (bicyclic) bond motifs is 1. The van der Waals surface area contributed by atoms with E-state index >= 15 is 0 Å². The number of aryl methyl sites for hydroxylation is 2. The molecule has 2 aromatic carbocycles. The van der Waals surface area contributed by atoms with Crippen LogP contribution in [0.5, 0.6) is 0 Å². The lowest BCUT2D eigenvalue weighted by Crippen LogP contribution is -2.13. The van der Waals surface area contributed by atoms with Crippen molar-refractivity contribution in [2.45, 2.75) is 23.0 Å². The van der Waals surface area contributed by atoms with Gasteiger partial charge in [0.1, 0.15) is 5.82 Å². The molecule has 0 atom stereocenters. The Bertz CT molecular complexity index is 1090. The molecule has 4 rings (SSSR count). The first-order chi connectivity index (χ1) is 14.2. The minimum Gasteiger partial charge on any atom is -0.416 e. The van der Waals surface area contributed by atoms with Crippen LogP contribution in [0.3, 0.4) is 0 Å². The number of nitrogens with one attached hydrogen (secondary N) is 2. The summed E-state index contributed by atoms with van der Waals surface area (Å²) in [6.07, 6.45) is 3.26. The maximum Gasteiger partial charge on any atom is 0.277 e. The third-order valence-corrected chi connectivity index (χ3v) is 5.69. The van der Waals surface area contributed by atoms with E-state index in [1.165, 1.54) is 11.8 Å². The van der Waals surface area contributed by atoms with Gasteiger partial charge in [-0.2, -0.15) is 0 Å². The van der Waals surface area contributed by atoms with E-state index in [1.807, 2.05) is 54.8 Å². The van der Waals surface area contributed by atoms with E-state index < -0.39 is 0 Å². The van der Waals surface area contributed by atoms with Crippen LogP contribution in [0.1, 0.15) is 11.7 Å². The highest BCUT2D eigenvalue weighted by Crippen LogP contribution is 2.21. The number of H-pyrrole nitrogens is 1. The summed E-state index contributed by atoms with van der Waals surface area (Å²) in [7, 11) is 0. The normalized spacial score (nSPS) is 11.1. The fraction of sp³-hybridized carbons (Fsp3) is 0.200. The van der Waals surface area contributed by atoms with Gasteiger partial charge in [0.25, 0.3) is 5.22 Å². The molecule has 0 saturated heterocycles. The van der Waals surface area contributed by atoms with Crippen molar-refractivity contribution in [2.75, 3.05) is 17.3 Å². The Morgan fingerprint density at radius 3 is 2.90 bits per heavy atom. The molecule has 0 saturated carbocycles. The van der Waals surface area contributed by atoms with E-state index in [1.54, 1.807) is 11.8 Å². The second kappa shape index (κ2) is 9.15. The highest BCUT2D eigenvalue weighted by atomic mass is 32.2. The number of hydrogen-bond acceptors (Lipinski definition) is 7. The first-order valence-corrected chi connectivity index (χ1v) is 11.2. The van der Waals surface area contributed by atoms with Crippen LogP contribution in [0.4, 0.5) is 5.69 Å². The monoisotopic (exact) mass is 425 g/mol. The maximum atomic E-state index is 12.1. The molecule has 0 spiro atoms. The molecule has 148 valence electrons. The lowest BCUT2D eigenvalue weighted by atomic mass is 10.3. The molecule has 0 aliphatic heterocycles. The topological polar surface area (TPSA) is 96.7 Å². The van der Waals surface area contributed by atoms with Gasteiger partial charge >= 0.3 is 0 Å². The van der Waals surface area contributed by atoms with Gasteiger partial charge in [-0.1, -0.05) is 30.0 Å². The SMILES string of the molecule is CSc1cccc(NC(=O)CSc2nnc(CCc3nc4ccccc4[nH]3)o2)c1. The summed E-state index contributed by atoms with van der Waals surface area (Å²) in [5.74, 6) is 1.50. The predicted octanol–water partition coefficient (Wildman–Crippen LogP) is 4.18. The number of thioether (sulfide) groups is 2. The largest absolute Gasteiger partial charge is 0.416 e. The molecular weight excluding hydrogens is 406 g/mol. The van der Waals surface area contributed by atoms with Crippen molar-refractivity contribution in [3.63, 3.8) is 0 Å². The summed E-state index contributed by atoms with van der Waals surface area (Å²) in [4.78, 5) is 21.1. The number of imidazole rings is 1. The lowest BCUT2D eigenvalue weighted by molar-refractivity contribution is -0.113. The molecule has 4 aromatic rings. The van der Waals surface area contributed by atoms with Crippen molar-refractivity contribution in [1.29, 1.82) is 0 Å². The first kappa shape index (κ1) is 19.5. The van der Waals surface area contributed by atoms with Crippen LogP contribution in [0.25, 0.3) is 11.0 Å². The standard InChI is InChI=1S/C20H19N5O2S2/c1-28-14-6-4-5-13(11-14)21-18(26)12-29-20-25-24-19(27-20)10-9-17-22-15-7-2-3-8-16(15)23-17/h2-8,11H,9-10,12H2,1H3,(H,21,26)(H,22,23). The maximum absolute atomic E-state index is 12.1. The van der Waals surface area contributed by atoms with Crippen LogP contribution < -0.4 is 5.32 Å². The van der Waals surface area contributed by atoms with Crippen molar-refractivity contribution >= 4 is 46.2 Å². The molecule has 9 heteroatoms. The summed E-state index contributed by atoms with van der Waals surface area (Å²) in [5.41, 5.74) is 2.73. The van der Waals surface area contributed by atoms with Gasteiger partial charge < -0.3 is 14.7 Å². The number of hydrogen-bond donors (Lipinski definition) is 2. The number of aromatic amines is 1. The van der Waals surface area contributed by atoms with Crippen molar-refractivity contribution in [2.24, 2.45) is 0 Å². The zero-order chi connectivity index (χ0) is 20.1. The van der Waals surface area contributed by atoms with Gasteiger partial charge in [-0.25, -0.2) is 4.98 Å². The number of aromatic nitrogens is 4. The van der Waals surface area contributed by atoms with E-state index in [2.05, 4.69) is 25.5 Å². The summed E-state index contributed by atoms with van der Waals surface area (Å²) in [6.45, 7) is 0. The number of para-hydroxylation sites is 2. The van der Waals surface area contributed by atoms with Crippen LogP contribution >= 0.6 is 23.5 Å². The van der Waals surface area contributed by atoms with Crippen molar-refractivity contribution < 1.29 is 9.21 Å². The van der Waals surface area contributed by atoms with Gasteiger partial charge in [-0.15, -0.1) is 22.0 Å². The Labute approximate surface area is 176 Å². The van der Waals surface area contributed by atoms with Gasteiger partial charge in [-0.05, 0) is 36.6 Å². The third kappa shape index (κ3) is 5.18. The van der Waals surface area contributed by atoms with Crippen LogP contribution in [0.15, 0.2) is 63.1 Å². The van der Waals surface area contributed by atoms with Crippen LogP contribution in [0, 0.1) is 0 Å². The summed E-state index contributed by atoms with van der Waals surface area (Å²) >= 11 is 2.85. The van der Waals surface area contributed by atoms with Crippen molar-refractivity contribution in [3.8, 4) is 0 Å². The Morgan fingerprint density at radius 1 is 1.14 bits per heavy atom. The Morgan fingerprint density at radius 2 is 2.03 bits per heavy atom. The smallest absolute Gasteiger partial charge is 0.277 e. The minimum atomic E-state index is -0.115. The van der Waals surface area contributed by atoms with Gasteiger partial charge in [0.05, 0.1) is 16.8 Å². The molecule has 2 N–H and O–H groups in total. The quantitative estimate of drug-likeness (QED) is 0.409. The number of benzene rings is 2. The molecule has 0 radical (unpaired) electrons. The van der Waals surface area contributed by atoms with E-state index in [9.17, 15) is 4.79 Å². The number of carbonyl (C=O) groups excluding carboxylic acids is 1. The number of anilines is 1. The highest BCUT2D eigenvalue weighted by molar-refractivity contribution is 7.99. The molecule has 0 fully saturated rings.